The molecule has 0 bridgehead atoms. The lowest BCUT2D eigenvalue weighted by atomic mass is 10.2. The van der Waals surface area contributed by atoms with Gasteiger partial charge in [0, 0.05) is 25.0 Å². The van der Waals surface area contributed by atoms with Crippen molar-refractivity contribution in [3.8, 4) is 5.75 Å². The van der Waals surface area contributed by atoms with Crippen LogP contribution in [0.4, 0.5) is 5.69 Å². The lowest BCUT2D eigenvalue weighted by Gasteiger charge is -2.10. The number of esters is 1. The summed E-state index contributed by atoms with van der Waals surface area (Å²) in [5.41, 5.74) is 0.0171. The Kier molecular flexibility index (Phi) is 6.74. The van der Waals surface area contributed by atoms with Gasteiger partial charge in [0.2, 0.25) is 0 Å². The summed E-state index contributed by atoms with van der Waals surface area (Å²) in [7, 11) is -3.93. The molecule has 0 amide bonds. The van der Waals surface area contributed by atoms with Crippen LogP contribution < -0.4 is 4.72 Å². The van der Waals surface area contributed by atoms with Gasteiger partial charge in [-0.2, -0.15) is 0 Å². The second-order valence-electron chi connectivity index (χ2n) is 5.93. The van der Waals surface area contributed by atoms with E-state index in [4.69, 9.17) is 27.9 Å². The maximum absolute atomic E-state index is 12.4. The number of hydrogen-bond donors (Lipinski definition) is 2. The van der Waals surface area contributed by atoms with E-state index < -0.39 is 21.7 Å². The number of benzene rings is 1. The highest BCUT2D eigenvalue weighted by molar-refractivity contribution is 7.94. The lowest BCUT2D eigenvalue weighted by Crippen LogP contribution is -2.12. The van der Waals surface area contributed by atoms with E-state index in [1.807, 2.05) is 29.1 Å². The fourth-order valence-electron chi connectivity index (χ4n) is 2.44. The van der Waals surface area contributed by atoms with E-state index in [-0.39, 0.29) is 31.4 Å². The van der Waals surface area contributed by atoms with E-state index in [0.717, 1.165) is 17.4 Å². The fourth-order valence-corrected chi connectivity index (χ4v) is 5.37. The molecule has 0 spiro atoms. The van der Waals surface area contributed by atoms with Crippen molar-refractivity contribution in [3.05, 3.63) is 63.7 Å². The van der Waals surface area contributed by atoms with Crippen LogP contribution in [-0.4, -0.2) is 30.7 Å². The quantitative estimate of drug-likeness (QED) is 0.366. The van der Waals surface area contributed by atoms with Crippen LogP contribution in [0.25, 0.3) is 0 Å². The van der Waals surface area contributed by atoms with E-state index in [2.05, 4.69) is 4.72 Å². The Morgan fingerprint density at radius 2 is 1.93 bits per heavy atom. The molecule has 2 N–H and O–H groups in total. The zero-order chi connectivity index (χ0) is 21.0. The maximum atomic E-state index is 12.4. The van der Waals surface area contributed by atoms with Gasteiger partial charge in [0.05, 0.1) is 17.3 Å². The van der Waals surface area contributed by atoms with Crippen LogP contribution >= 0.6 is 34.5 Å². The molecule has 29 heavy (non-hydrogen) atoms. The van der Waals surface area contributed by atoms with Crippen LogP contribution in [0.15, 0.2) is 53.0 Å². The number of rotatable bonds is 8. The number of thiophene rings is 1. The summed E-state index contributed by atoms with van der Waals surface area (Å²) in [6.07, 6.45) is 4.43. The van der Waals surface area contributed by atoms with Crippen LogP contribution in [0.3, 0.4) is 0 Å². The fraction of sp³-hybridized carbons (Fsp3) is 0.167. The van der Waals surface area contributed by atoms with Gasteiger partial charge in [0.1, 0.15) is 19.9 Å². The molecule has 0 aliphatic carbocycles. The highest BCUT2D eigenvalue weighted by Crippen LogP contribution is 2.35. The molecule has 0 fully saturated rings. The molecule has 0 aliphatic rings. The largest absolute Gasteiger partial charge is 0.507 e. The van der Waals surface area contributed by atoms with Gasteiger partial charge in [0.25, 0.3) is 10.0 Å². The highest BCUT2D eigenvalue weighted by atomic mass is 35.5. The van der Waals surface area contributed by atoms with Crippen LogP contribution in [0, 0.1) is 0 Å². The molecular formula is C18H16Cl2N2O5S2. The Morgan fingerprint density at radius 1 is 1.21 bits per heavy atom. The standard InChI is InChI=1S/C18H16Cl2N2O5S2/c19-14-11-16(28-17(14)20)29(25,26)21-12-4-5-13(15(23)10-12)18(24)27-9-3-8-22-6-1-2-7-22/h1-2,4-7,10-11,21,23H,3,8-9H2. The topological polar surface area (TPSA) is 97.6 Å². The third-order valence-electron chi connectivity index (χ3n) is 3.82. The van der Waals surface area contributed by atoms with E-state index in [9.17, 15) is 18.3 Å². The number of phenols is 1. The summed E-state index contributed by atoms with van der Waals surface area (Å²) in [5.74, 6) is -1.09. The Hall–Kier alpha value is -2.20. The summed E-state index contributed by atoms with van der Waals surface area (Å²) in [6, 6.07) is 8.81. The minimum absolute atomic E-state index is 0.0591. The summed E-state index contributed by atoms with van der Waals surface area (Å²) in [5, 5.41) is 10.2. The van der Waals surface area contributed by atoms with Gasteiger partial charge in [-0.15, -0.1) is 11.3 Å². The monoisotopic (exact) mass is 474 g/mol. The second-order valence-corrected chi connectivity index (χ2v) is 9.91. The summed E-state index contributed by atoms with van der Waals surface area (Å²) in [6.45, 7) is 0.883. The van der Waals surface area contributed by atoms with Gasteiger partial charge < -0.3 is 14.4 Å². The molecule has 0 saturated heterocycles. The number of hydrogen-bond acceptors (Lipinski definition) is 6. The van der Waals surface area contributed by atoms with Crippen LogP contribution in [0.2, 0.25) is 9.36 Å². The average Bonchev–Trinajstić information content (AvgIpc) is 3.29. The molecule has 2 heterocycles. The molecule has 2 aromatic heterocycles. The number of nitrogens with zero attached hydrogens (tertiary/aromatic N) is 1. The number of sulfonamides is 1. The van der Waals surface area contributed by atoms with E-state index >= 15 is 0 Å². The molecule has 0 saturated carbocycles. The predicted octanol–water partition coefficient (Wildman–Crippen LogP) is 4.61. The number of aromatic nitrogens is 1. The number of aromatic hydroxyl groups is 1. The van der Waals surface area contributed by atoms with Gasteiger partial charge in [-0.25, -0.2) is 13.2 Å². The highest BCUT2D eigenvalue weighted by Gasteiger charge is 2.21. The smallest absolute Gasteiger partial charge is 0.341 e. The van der Waals surface area contributed by atoms with Crippen molar-refractivity contribution < 1.29 is 23.1 Å². The average molecular weight is 475 g/mol. The van der Waals surface area contributed by atoms with Crippen molar-refractivity contribution in [1.29, 1.82) is 0 Å². The second kappa shape index (κ2) is 9.08. The first-order chi connectivity index (χ1) is 13.8. The third kappa shape index (κ3) is 5.45. The maximum Gasteiger partial charge on any atom is 0.341 e. The number of halogens is 2. The molecule has 0 unspecified atom stereocenters. The van der Waals surface area contributed by atoms with Gasteiger partial charge in [-0.1, -0.05) is 23.2 Å². The first kappa shape index (κ1) is 21.5. The van der Waals surface area contributed by atoms with E-state index in [0.29, 0.717) is 13.0 Å². The summed E-state index contributed by atoms with van der Waals surface area (Å²) < 4.78 is 34.3. The van der Waals surface area contributed by atoms with Crippen LogP contribution in [-0.2, 0) is 21.3 Å². The van der Waals surface area contributed by atoms with Gasteiger partial charge in [0.15, 0.2) is 0 Å². The van der Waals surface area contributed by atoms with Crippen molar-refractivity contribution >= 4 is 56.2 Å². The van der Waals surface area contributed by atoms with Crippen molar-refractivity contribution in [2.24, 2.45) is 0 Å². The number of aryl methyl sites for hydroxylation is 1. The molecule has 0 aliphatic heterocycles. The summed E-state index contributed by atoms with van der Waals surface area (Å²) >= 11 is 12.4. The zero-order valence-corrected chi connectivity index (χ0v) is 18.0. The first-order valence-electron chi connectivity index (χ1n) is 8.35. The lowest BCUT2D eigenvalue weighted by molar-refractivity contribution is 0.0493. The number of carbonyl (C=O) groups excluding carboxylic acids is 1. The third-order valence-corrected chi connectivity index (χ3v) is 7.54. The van der Waals surface area contributed by atoms with Crippen LogP contribution in [0.5, 0.6) is 5.75 Å². The van der Waals surface area contributed by atoms with Crippen molar-refractivity contribution in [2.45, 2.75) is 17.2 Å². The zero-order valence-electron chi connectivity index (χ0n) is 14.8. The predicted molar refractivity (Wildman–Crippen MR) is 113 cm³/mol. The first-order valence-corrected chi connectivity index (χ1v) is 11.4. The number of anilines is 1. The molecule has 7 nitrogen and oxygen atoms in total. The normalized spacial score (nSPS) is 11.4. The van der Waals surface area contributed by atoms with Gasteiger partial charge >= 0.3 is 5.97 Å². The minimum atomic E-state index is -3.93. The van der Waals surface area contributed by atoms with E-state index in [1.54, 1.807) is 0 Å². The molecular weight excluding hydrogens is 459 g/mol. The van der Waals surface area contributed by atoms with Gasteiger partial charge in [-0.3, -0.25) is 4.72 Å². The van der Waals surface area contributed by atoms with E-state index in [1.165, 1.54) is 18.2 Å². The Labute approximate surface area is 181 Å². The molecule has 154 valence electrons. The molecule has 11 heteroatoms. The number of ether oxygens (including phenoxy) is 1. The molecule has 1 aromatic carbocycles. The molecule has 0 atom stereocenters. The van der Waals surface area contributed by atoms with Crippen molar-refractivity contribution in [1.82, 2.24) is 4.57 Å². The van der Waals surface area contributed by atoms with Crippen LogP contribution in [0.1, 0.15) is 16.8 Å². The SMILES string of the molecule is O=C(OCCCn1cccc1)c1ccc(NS(=O)(=O)c2cc(Cl)c(Cl)s2)cc1O. The number of carbonyl (C=O) groups is 1. The summed E-state index contributed by atoms with van der Waals surface area (Å²) in [4.78, 5) is 12.1. The Morgan fingerprint density at radius 3 is 2.55 bits per heavy atom. The van der Waals surface area contributed by atoms with Crippen molar-refractivity contribution in [2.75, 3.05) is 11.3 Å². The number of phenolic OH excluding ortho intramolecular Hbond substituents is 1. The molecule has 3 rings (SSSR count). The molecule has 3 aromatic rings. The Balaban J connectivity index is 1.61. The molecule has 0 radical (unpaired) electrons. The van der Waals surface area contributed by atoms with Crippen molar-refractivity contribution in [3.63, 3.8) is 0 Å². The minimum Gasteiger partial charge on any atom is -0.507 e. The van der Waals surface area contributed by atoms with Gasteiger partial charge in [-0.05, 0) is 36.8 Å². The number of nitrogens with one attached hydrogen (secondary N) is 1. The Bertz CT molecular complexity index is 1090.